The van der Waals surface area contributed by atoms with Crippen molar-refractivity contribution in [2.24, 2.45) is 0 Å². The van der Waals surface area contributed by atoms with Crippen LogP contribution in [0.15, 0.2) is 18.2 Å². The summed E-state index contributed by atoms with van der Waals surface area (Å²) in [7, 11) is 0. The summed E-state index contributed by atoms with van der Waals surface area (Å²) in [4.78, 5) is 19.7. The lowest BCUT2D eigenvalue weighted by molar-refractivity contribution is -0.385. The lowest BCUT2D eigenvalue weighted by Crippen LogP contribution is -1.97. The molecule has 0 atom stereocenters. The Morgan fingerprint density at radius 2 is 2.29 bits per heavy atom. The number of nitro groups is 1. The molecule has 0 fully saturated rings. The Hall–Kier alpha value is -1.62. The van der Waals surface area contributed by atoms with Crippen molar-refractivity contribution >= 4 is 23.8 Å². The van der Waals surface area contributed by atoms with Crippen molar-refractivity contribution in [2.75, 3.05) is 0 Å². The largest absolute Gasteiger partial charge is 0.452 e. The first-order valence-electron chi connectivity index (χ1n) is 3.57. The van der Waals surface area contributed by atoms with Crippen LogP contribution in [-0.4, -0.2) is 11.4 Å². The summed E-state index contributed by atoms with van der Waals surface area (Å²) in [6, 6.07) is 4.11. The van der Waals surface area contributed by atoms with Crippen LogP contribution in [0.5, 0.6) is 0 Å². The van der Waals surface area contributed by atoms with Crippen LogP contribution in [0, 0.1) is 10.1 Å². The van der Waals surface area contributed by atoms with Gasteiger partial charge in [-0.1, -0.05) is 11.6 Å². The van der Waals surface area contributed by atoms with Crippen molar-refractivity contribution in [1.29, 1.82) is 0 Å². The minimum atomic E-state index is -0.588. The summed E-state index contributed by atoms with van der Waals surface area (Å²) in [5, 5.41) is 10.8. The second-order valence-electron chi connectivity index (χ2n) is 2.40. The van der Waals surface area contributed by atoms with E-state index in [1.165, 1.54) is 24.7 Å². The van der Waals surface area contributed by atoms with E-state index in [9.17, 15) is 14.9 Å². The molecule has 1 aromatic carbocycles. The number of nitrogens with zero attached hydrogens (tertiary/aromatic N) is 1. The lowest BCUT2D eigenvalue weighted by Gasteiger charge is -2.00. The van der Waals surface area contributed by atoms with Gasteiger partial charge in [0.25, 0.3) is 5.69 Å². The molecule has 0 unspecified atom stereocenters. The maximum absolute atomic E-state index is 10.5. The quantitative estimate of drug-likeness (QED) is 0.566. The fourth-order valence-corrected chi connectivity index (χ4v) is 1.10. The van der Waals surface area contributed by atoms with Gasteiger partial charge in [0.2, 0.25) is 0 Å². The summed E-state index contributed by atoms with van der Waals surface area (Å²) >= 11 is 5.57. The summed E-state index contributed by atoms with van der Waals surface area (Å²) in [5.41, 5.74) is 0.107. The Morgan fingerprint density at radius 3 is 2.86 bits per heavy atom. The molecule has 14 heavy (non-hydrogen) atoms. The zero-order valence-electron chi connectivity index (χ0n) is 6.90. The van der Waals surface area contributed by atoms with E-state index >= 15 is 0 Å². The van der Waals surface area contributed by atoms with Gasteiger partial charge in [0.05, 0.1) is 10.5 Å². The first-order valence-corrected chi connectivity index (χ1v) is 3.94. The molecule has 0 heterocycles. The van der Waals surface area contributed by atoms with E-state index in [0.29, 0.717) is 0 Å². The Balaban J connectivity index is 3.01. The average Bonchev–Trinajstić information content (AvgIpc) is 2.15. The van der Waals surface area contributed by atoms with E-state index in [1.54, 1.807) is 0 Å². The number of halogens is 1. The number of nitro benzene ring substituents is 1. The first kappa shape index (κ1) is 10.5. The highest BCUT2D eigenvalue weighted by Gasteiger charge is 2.14. The van der Waals surface area contributed by atoms with Crippen LogP contribution in [0.4, 0.5) is 5.69 Å². The normalized spacial score (nSPS) is 9.50. The number of benzene rings is 1. The van der Waals surface area contributed by atoms with E-state index in [1.807, 2.05) is 0 Å². The zero-order valence-corrected chi connectivity index (χ0v) is 7.65. The third-order valence-corrected chi connectivity index (χ3v) is 1.77. The maximum atomic E-state index is 10.5. The van der Waals surface area contributed by atoms with Gasteiger partial charge in [0, 0.05) is 11.1 Å². The molecule has 1 rings (SSSR count). The van der Waals surface area contributed by atoms with Gasteiger partial charge < -0.3 is 4.74 Å². The number of ether oxygens (including phenoxy) is 1. The number of rotatable bonds is 4. The Morgan fingerprint density at radius 1 is 1.57 bits per heavy atom. The molecule has 0 aliphatic heterocycles. The summed E-state index contributed by atoms with van der Waals surface area (Å²) in [6.45, 7) is 1.01. The first-order chi connectivity index (χ1) is 6.65. The smallest absolute Gasteiger partial charge is 0.417 e. The summed E-state index contributed by atoms with van der Waals surface area (Å²) in [6.07, 6.45) is 0. The third-order valence-electron chi connectivity index (χ3n) is 1.53. The number of hydrogen-bond acceptors (Lipinski definition) is 4. The van der Waals surface area contributed by atoms with Crippen molar-refractivity contribution in [3.05, 3.63) is 38.9 Å². The predicted molar refractivity (Wildman–Crippen MR) is 48.6 cm³/mol. The van der Waals surface area contributed by atoms with Crippen LogP contribution in [0.25, 0.3) is 0 Å². The monoisotopic (exact) mass is 214 g/mol. The van der Waals surface area contributed by atoms with E-state index in [2.05, 4.69) is 4.74 Å². The Bertz CT molecular complexity index is 366. The highest BCUT2D eigenvalue weighted by atomic mass is 35.5. The van der Waals surface area contributed by atoms with Crippen molar-refractivity contribution in [3.8, 4) is 0 Å². The van der Waals surface area contributed by atoms with Crippen LogP contribution in [0.1, 0.15) is 5.56 Å². The lowest BCUT2D eigenvalue weighted by atomic mass is 10.2. The van der Waals surface area contributed by atoms with Crippen molar-refractivity contribution in [2.45, 2.75) is 6.61 Å². The van der Waals surface area contributed by atoms with Crippen LogP contribution in [-0.2, 0) is 16.1 Å². The van der Waals surface area contributed by atoms with E-state index in [0.717, 1.165) is 0 Å². The molecule has 0 N–H and O–H groups in total. The van der Waals surface area contributed by atoms with Crippen molar-refractivity contribution in [3.63, 3.8) is 0 Å². The molecule has 0 saturated carbocycles. The van der Waals surface area contributed by atoms with E-state index in [4.69, 9.17) is 11.6 Å². The minimum Gasteiger partial charge on any atom is -0.452 e. The van der Waals surface area contributed by atoms with E-state index < -0.39 is 4.92 Å². The zero-order chi connectivity index (χ0) is 10.6. The van der Waals surface area contributed by atoms with Crippen molar-refractivity contribution < 1.29 is 14.5 Å². The second-order valence-corrected chi connectivity index (χ2v) is 2.84. The molecule has 0 aliphatic rings. The maximum Gasteiger partial charge on any atom is 0.417 e. The van der Waals surface area contributed by atoms with Gasteiger partial charge in [-0.3, -0.25) is 10.1 Å². The number of hydrogen-bond donors (Lipinski definition) is 0. The summed E-state index contributed by atoms with van der Waals surface area (Å²) in [5.74, 6) is 0. The Labute approximate surface area is 84.4 Å². The molecule has 1 aromatic rings. The van der Waals surface area contributed by atoms with Gasteiger partial charge in [-0.2, -0.15) is 0 Å². The van der Waals surface area contributed by atoms with Crippen LogP contribution < -0.4 is 0 Å². The highest BCUT2D eigenvalue weighted by Crippen LogP contribution is 2.23. The molecule has 0 amide bonds. The molecule has 6 heteroatoms. The number of carbonyl (C=O) groups excluding carboxylic acids is 1. The van der Waals surface area contributed by atoms with Crippen LogP contribution in [0.3, 0.4) is 0 Å². The van der Waals surface area contributed by atoms with Crippen molar-refractivity contribution in [1.82, 2.24) is 0 Å². The molecule has 1 radical (unpaired) electrons. The molecule has 0 saturated heterocycles. The average molecular weight is 215 g/mol. The molecule has 5 nitrogen and oxygen atoms in total. The van der Waals surface area contributed by atoms with Gasteiger partial charge in [0.15, 0.2) is 0 Å². The fourth-order valence-electron chi connectivity index (χ4n) is 0.936. The Kier molecular flexibility index (Phi) is 3.41. The van der Waals surface area contributed by atoms with Gasteiger partial charge in [-0.05, 0) is 12.1 Å². The van der Waals surface area contributed by atoms with Gasteiger partial charge >= 0.3 is 6.47 Å². The summed E-state index contributed by atoms with van der Waals surface area (Å²) < 4.78 is 4.30. The second kappa shape index (κ2) is 4.57. The standard InChI is InChI=1S/C8H5ClNO4/c9-7-2-1-6(4-14-5-11)8(3-7)10(12)13/h1-3H,4H2. The third kappa shape index (κ3) is 2.43. The minimum absolute atomic E-state index is 0.173. The highest BCUT2D eigenvalue weighted by molar-refractivity contribution is 6.30. The SMILES string of the molecule is O=[C]OCc1ccc(Cl)cc1[N+](=O)[O-]. The molecular formula is C8H5ClNO4. The molecular weight excluding hydrogens is 210 g/mol. The van der Waals surface area contributed by atoms with E-state index in [-0.39, 0.29) is 22.9 Å². The molecule has 0 spiro atoms. The van der Waals surface area contributed by atoms with Crippen LogP contribution >= 0.6 is 11.6 Å². The predicted octanol–water partition coefficient (Wildman–Crippen LogP) is 1.83. The molecule has 73 valence electrons. The molecule has 0 aromatic heterocycles. The van der Waals surface area contributed by atoms with Gasteiger partial charge in [0.1, 0.15) is 6.61 Å². The topological polar surface area (TPSA) is 69.4 Å². The van der Waals surface area contributed by atoms with Crippen LogP contribution in [0.2, 0.25) is 5.02 Å². The fraction of sp³-hybridized carbons (Fsp3) is 0.125. The molecule has 0 aliphatic carbocycles. The van der Waals surface area contributed by atoms with Gasteiger partial charge in [-0.15, -0.1) is 0 Å². The molecule has 0 bridgehead atoms. The van der Waals surface area contributed by atoms with Gasteiger partial charge in [-0.25, -0.2) is 4.79 Å².